The van der Waals surface area contributed by atoms with Crippen LogP contribution in [0.15, 0.2) is 49.1 Å². The third-order valence-electron chi connectivity index (χ3n) is 2.59. The zero-order valence-electron chi connectivity index (χ0n) is 9.78. The number of imidazole rings is 1. The van der Waals surface area contributed by atoms with Crippen LogP contribution in [0.1, 0.15) is 18.0 Å². The molecule has 0 saturated carbocycles. The van der Waals surface area contributed by atoms with Crippen molar-refractivity contribution in [1.29, 1.82) is 5.41 Å². The molecule has 2 aromatic rings. The molecule has 0 radical (unpaired) electrons. The van der Waals surface area contributed by atoms with Gasteiger partial charge in [0.15, 0.2) is 0 Å². The number of rotatable bonds is 4. The van der Waals surface area contributed by atoms with Gasteiger partial charge in [-0.1, -0.05) is 30.3 Å². The van der Waals surface area contributed by atoms with Crippen molar-refractivity contribution < 1.29 is 4.79 Å². The second-order valence-corrected chi connectivity index (χ2v) is 3.82. The summed E-state index contributed by atoms with van der Waals surface area (Å²) in [6, 6.07) is 9.17. The fraction of sp³-hybridized carbons (Fsp3) is 0.154. The lowest BCUT2D eigenvalue weighted by Crippen LogP contribution is -2.31. The number of nitrogens with one attached hydrogen (secondary N) is 2. The third-order valence-corrected chi connectivity index (χ3v) is 2.59. The lowest BCUT2D eigenvalue weighted by atomic mass is 10.0. The van der Waals surface area contributed by atoms with Gasteiger partial charge in [0, 0.05) is 18.8 Å². The van der Waals surface area contributed by atoms with Crippen molar-refractivity contribution in [1.82, 2.24) is 14.9 Å². The number of hydrogen-bond acceptors (Lipinski definition) is 3. The lowest BCUT2D eigenvalue weighted by Gasteiger charge is -2.17. The monoisotopic (exact) mass is 242 g/mol. The molecule has 2 rings (SSSR count). The molecule has 0 bridgehead atoms. The van der Waals surface area contributed by atoms with E-state index >= 15 is 0 Å². The summed E-state index contributed by atoms with van der Waals surface area (Å²) in [7, 11) is 0. The average Bonchev–Trinajstić information content (AvgIpc) is 2.93. The van der Waals surface area contributed by atoms with Crippen LogP contribution >= 0.6 is 0 Å². The number of amides is 1. The van der Waals surface area contributed by atoms with E-state index < -0.39 is 0 Å². The number of carbonyl (C=O) groups is 1. The Morgan fingerprint density at radius 1 is 1.44 bits per heavy atom. The molecule has 18 heavy (non-hydrogen) atoms. The van der Waals surface area contributed by atoms with Gasteiger partial charge in [-0.25, -0.2) is 9.78 Å². The highest BCUT2D eigenvalue weighted by Crippen LogP contribution is 2.15. The second-order valence-electron chi connectivity index (χ2n) is 3.82. The van der Waals surface area contributed by atoms with Gasteiger partial charge in [0.05, 0.1) is 6.04 Å². The van der Waals surface area contributed by atoms with E-state index in [9.17, 15) is 4.79 Å². The number of nitrogens with zero attached hydrogens (tertiary/aromatic N) is 2. The van der Waals surface area contributed by atoms with Gasteiger partial charge in [-0.2, -0.15) is 0 Å². The summed E-state index contributed by atoms with van der Waals surface area (Å²) in [5.41, 5.74) is 0.981. The number of hydrogen-bond donors (Lipinski definition) is 2. The second kappa shape index (κ2) is 5.77. The molecular weight excluding hydrogens is 228 g/mol. The van der Waals surface area contributed by atoms with Gasteiger partial charge in [-0.15, -0.1) is 0 Å². The van der Waals surface area contributed by atoms with Crippen LogP contribution in [-0.4, -0.2) is 21.8 Å². The first-order valence-corrected chi connectivity index (χ1v) is 5.64. The van der Waals surface area contributed by atoms with Crippen LogP contribution in [0, 0.1) is 5.41 Å². The Labute approximate surface area is 105 Å². The Morgan fingerprint density at radius 3 is 2.83 bits per heavy atom. The molecule has 0 aliphatic rings. The zero-order valence-corrected chi connectivity index (χ0v) is 9.78. The van der Waals surface area contributed by atoms with E-state index in [1.54, 1.807) is 12.4 Å². The van der Waals surface area contributed by atoms with Crippen LogP contribution < -0.4 is 5.32 Å². The van der Waals surface area contributed by atoms with E-state index in [0.29, 0.717) is 6.42 Å². The topological polar surface area (TPSA) is 70.8 Å². The van der Waals surface area contributed by atoms with Crippen molar-refractivity contribution in [3.63, 3.8) is 0 Å². The van der Waals surface area contributed by atoms with Crippen LogP contribution in [0.5, 0.6) is 0 Å². The van der Waals surface area contributed by atoms with E-state index in [-0.39, 0.29) is 12.1 Å². The van der Waals surface area contributed by atoms with Crippen LogP contribution in [0.25, 0.3) is 0 Å². The van der Waals surface area contributed by atoms with Gasteiger partial charge in [0.25, 0.3) is 0 Å². The van der Waals surface area contributed by atoms with Crippen molar-refractivity contribution in [3.8, 4) is 0 Å². The summed E-state index contributed by atoms with van der Waals surface area (Å²) >= 11 is 0. The van der Waals surface area contributed by atoms with Crippen LogP contribution in [0.3, 0.4) is 0 Å². The molecule has 1 aromatic heterocycles. The quantitative estimate of drug-likeness (QED) is 0.807. The summed E-state index contributed by atoms with van der Waals surface area (Å²) in [5, 5.41) is 10.1. The predicted molar refractivity (Wildman–Crippen MR) is 68.7 cm³/mol. The van der Waals surface area contributed by atoms with Gasteiger partial charge >= 0.3 is 6.03 Å². The van der Waals surface area contributed by atoms with Crippen LogP contribution in [0.4, 0.5) is 4.79 Å². The Balaban J connectivity index is 2.12. The molecule has 1 aromatic carbocycles. The van der Waals surface area contributed by atoms with E-state index in [1.165, 1.54) is 17.1 Å². The molecule has 0 spiro atoms. The summed E-state index contributed by atoms with van der Waals surface area (Å²) < 4.78 is 1.37. The highest BCUT2D eigenvalue weighted by Gasteiger charge is 2.13. The largest absolute Gasteiger partial charge is 0.330 e. The molecule has 5 nitrogen and oxygen atoms in total. The molecule has 1 amide bonds. The van der Waals surface area contributed by atoms with E-state index in [4.69, 9.17) is 5.41 Å². The van der Waals surface area contributed by atoms with Crippen molar-refractivity contribution in [2.75, 3.05) is 0 Å². The van der Waals surface area contributed by atoms with Gasteiger partial charge in [0.2, 0.25) is 0 Å². The molecule has 0 fully saturated rings. The van der Waals surface area contributed by atoms with Gasteiger partial charge in [-0.3, -0.25) is 4.57 Å². The average molecular weight is 242 g/mol. The van der Waals surface area contributed by atoms with Crippen LogP contribution in [-0.2, 0) is 0 Å². The minimum absolute atomic E-state index is 0.196. The first-order chi connectivity index (χ1) is 8.81. The number of benzene rings is 1. The van der Waals surface area contributed by atoms with Gasteiger partial charge < -0.3 is 10.7 Å². The highest BCUT2D eigenvalue weighted by atomic mass is 16.2. The number of carbonyl (C=O) groups excluding carboxylic acids is 1. The lowest BCUT2D eigenvalue weighted by molar-refractivity contribution is 0.239. The molecule has 92 valence electrons. The first kappa shape index (κ1) is 12.0. The maximum absolute atomic E-state index is 11.9. The minimum atomic E-state index is -0.247. The zero-order chi connectivity index (χ0) is 12.8. The summed E-state index contributed by atoms with van der Waals surface area (Å²) in [6.07, 6.45) is 6.34. The summed E-state index contributed by atoms with van der Waals surface area (Å²) in [4.78, 5) is 15.7. The Bertz CT molecular complexity index is 507. The Kier molecular flexibility index (Phi) is 3.86. The molecular formula is C13H14N4O. The maximum atomic E-state index is 11.9. The molecule has 1 atom stereocenters. The summed E-state index contributed by atoms with van der Waals surface area (Å²) in [6.45, 7) is 0. The highest BCUT2D eigenvalue weighted by molar-refractivity contribution is 5.77. The molecule has 0 unspecified atom stereocenters. The van der Waals surface area contributed by atoms with E-state index in [1.807, 2.05) is 30.3 Å². The standard InChI is InChI=1S/C13H14N4O/c14-7-6-12(11-4-2-1-3-5-11)16-13(18)17-9-8-15-10-17/h1-5,7-10,12,14H,6H2,(H,16,18)/t12-/m0/s1. The molecule has 0 saturated heterocycles. The third kappa shape index (κ3) is 2.82. The van der Waals surface area contributed by atoms with Crippen molar-refractivity contribution in [2.45, 2.75) is 12.5 Å². The smallest absolute Gasteiger partial charge is 0.327 e. The van der Waals surface area contributed by atoms with Gasteiger partial charge in [0.1, 0.15) is 6.33 Å². The van der Waals surface area contributed by atoms with Crippen LogP contribution in [0.2, 0.25) is 0 Å². The molecule has 0 aliphatic heterocycles. The fourth-order valence-electron chi connectivity index (χ4n) is 1.68. The van der Waals surface area contributed by atoms with E-state index in [2.05, 4.69) is 10.3 Å². The Hall–Kier alpha value is -2.43. The number of aromatic nitrogens is 2. The van der Waals surface area contributed by atoms with Crippen molar-refractivity contribution in [3.05, 3.63) is 54.6 Å². The molecule has 0 aliphatic carbocycles. The normalized spacial score (nSPS) is 11.8. The van der Waals surface area contributed by atoms with Crippen molar-refractivity contribution >= 4 is 12.2 Å². The predicted octanol–water partition coefficient (Wildman–Crippen LogP) is 2.22. The maximum Gasteiger partial charge on any atom is 0.327 e. The molecule has 1 heterocycles. The van der Waals surface area contributed by atoms with Crippen molar-refractivity contribution in [2.24, 2.45) is 0 Å². The van der Waals surface area contributed by atoms with E-state index in [0.717, 1.165) is 5.56 Å². The first-order valence-electron chi connectivity index (χ1n) is 5.64. The minimum Gasteiger partial charge on any atom is -0.330 e. The summed E-state index contributed by atoms with van der Waals surface area (Å²) in [5.74, 6) is 0. The molecule has 2 N–H and O–H groups in total. The Morgan fingerprint density at radius 2 is 2.22 bits per heavy atom. The molecule has 5 heteroatoms. The fourth-order valence-corrected chi connectivity index (χ4v) is 1.68. The SMILES string of the molecule is N=CC[C@H](NC(=O)n1ccnc1)c1ccccc1. The van der Waals surface area contributed by atoms with Gasteiger partial charge in [-0.05, 0) is 11.8 Å².